The zero-order chi connectivity index (χ0) is 16.2. The van der Waals surface area contributed by atoms with Crippen LogP contribution in [0.4, 0.5) is 4.79 Å². The van der Waals surface area contributed by atoms with Crippen molar-refractivity contribution in [1.82, 2.24) is 15.6 Å². The number of benzene rings is 1. The summed E-state index contributed by atoms with van der Waals surface area (Å²) in [6.45, 7) is 4.73. The van der Waals surface area contributed by atoms with Gasteiger partial charge in [-0.2, -0.15) is 0 Å². The van der Waals surface area contributed by atoms with E-state index in [0.717, 1.165) is 33.6 Å². The Balaban J connectivity index is 1.55. The molecule has 0 saturated carbocycles. The second-order valence-electron chi connectivity index (χ2n) is 5.49. The lowest BCUT2D eigenvalue weighted by Gasteiger charge is -2.07. The van der Waals surface area contributed by atoms with Crippen LogP contribution in [0.1, 0.15) is 22.6 Å². The molecule has 0 saturated heterocycles. The molecule has 2 amide bonds. The molecule has 0 atom stereocenters. The fraction of sp³-hybridized carbons (Fsp3) is 0.222. The van der Waals surface area contributed by atoms with E-state index in [-0.39, 0.29) is 6.03 Å². The molecule has 0 fully saturated rings. The van der Waals surface area contributed by atoms with E-state index < -0.39 is 0 Å². The van der Waals surface area contributed by atoms with E-state index in [1.54, 1.807) is 6.20 Å². The van der Waals surface area contributed by atoms with E-state index in [9.17, 15) is 4.79 Å². The number of fused-ring (bicyclic) bond motifs is 1. The quantitative estimate of drug-likeness (QED) is 0.775. The van der Waals surface area contributed by atoms with Crippen LogP contribution in [0.3, 0.4) is 0 Å². The van der Waals surface area contributed by atoms with Gasteiger partial charge in [-0.1, -0.05) is 24.3 Å². The maximum Gasteiger partial charge on any atom is 0.315 e. The number of hydrogen-bond donors (Lipinski definition) is 2. The smallest absolute Gasteiger partial charge is 0.315 e. The van der Waals surface area contributed by atoms with Crippen LogP contribution in [0.25, 0.3) is 11.0 Å². The van der Waals surface area contributed by atoms with Crippen molar-refractivity contribution in [2.24, 2.45) is 0 Å². The summed E-state index contributed by atoms with van der Waals surface area (Å²) in [6.07, 6.45) is 1.76. The van der Waals surface area contributed by atoms with Crippen LogP contribution < -0.4 is 10.6 Å². The van der Waals surface area contributed by atoms with Gasteiger partial charge >= 0.3 is 6.03 Å². The Hall–Kier alpha value is -2.82. The molecule has 0 bridgehead atoms. The summed E-state index contributed by atoms with van der Waals surface area (Å²) >= 11 is 0. The van der Waals surface area contributed by atoms with Gasteiger partial charge in [-0.3, -0.25) is 4.98 Å². The van der Waals surface area contributed by atoms with E-state index in [2.05, 4.69) is 15.6 Å². The molecule has 0 aliphatic carbocycles. The highest BCUT2D eigenvalue weighted by molar-refractivity contribution is 5.82. The molecule has 2 N–H and O–H groups in total. The molecule has 0 aliphatic rings. The number of amides is 2. The maximum atomic E-state index is 11.9. The predicted molar refractivity (Wildman–Crippen MR) is 89.0 cm³/mol. The van der Waals surface area contributed by atoms with Crippen LogP contribution in [-0.4, -0.2) is 11.0 Å². The van der Waals surface area contributed by atoms with E-state index in [4.69, 9.17) is 4.42 Å². The lowest BCUT2D eigenvalue weighted by atomic mass is 10.1. The Morgan fingerprint density at radius 1 is 1.09 bits per heavy atom. The summed E-state index contributed by atoms with van der Waals surface area (Å²) in [5, 5.41) is 6.71. The van der Waals surface area contributed by atoms with Crippen LogP contribution >= 0.6 is 0 Å². The van der Waals surface area contributed by atoms with E-state index in [1.165, 1.54) is 0 Å². The van der Waals surface area contributed by atoms with Gasteiger partial charge in [0.05, 0.1) is 6.54 Å². The van der Waals surface area contributed by atoms with Crippen molar-refractivity contribution >= 4 is 17.0 Å². The highest BCUT2D eigenvalue weighted by Gasteiger charge is 2.10. The molecule has 23 heavy (non-hydrogen) atoms. The van der Waals surface area contributed by atoms with Crippen molar-refractivity contribution in [1.29, 1.82) is 0 Å². The molecule has 0 aliphatic heterocycles. The molecule has 2 heterocycles. The van der Waals surface area contributed by atoms with Gasteiger partial charge in [-0.25, -0.2) is 4.79 Å². The number of carbonyl (C=O) groups excluding carboxylic acids is 1. The predicted octanol–water partition coefficient (Wildman–Crippen LogP) is 3.44. The average molecular weight is 309 g/mol. The van der Waals surface area contributed by atoms with Gasteiger partial charge in [0.15, 0.2) is 0 Å². The Kier molecular flexibility index (Phi) is 4.28. The number of para-hydroxylation sites is 1. The Morgan fingerprint density at radius 3 is 2.61 bits per heavy atom. The number of aryl methyl sites for hydroxylation is 2. The number of nitrogens with one attached hydrogen (secondary N) is 2. The highest BCUT2D eigenvalue weighted by atomic mass is 16.3. The summed E-state index contributed by atoms with van der Waals surface area (Å²) < 4.78 is 5.77. The van der Waals surface area contributed by atoms with Crippen molar-refractivity contribution in [2.75, 3.05) is 0 Å². The molecule has 5 heteroatoms. The minimum absolute atomic E-state index is 0.231. The minimum Gasteiger partial charge on any atom is -0.459 e. The fourth-order valence-corrected chi connectivity index (χ4v) is 2.40. The zero-order valence-electron chi connectivity index (χ0n) is 13.2. The second kappa shape index (κ2) is 6.52. The second-order valence-corrected chi connectivity index (χ2v) is 5.49. The maximum absolute atomic E-state index is 11.9. The largest absolute Gasteiger partial charge is 0.459 e. The fourth-order valence-electron chi connectivity index (χ4n) is 2.40. The molecular weight excluding hydrogens is 290 g/mol. The molecule has 0 unspecified atom stereocenters. The van der Waals surface area contributed by atoms with Gasteiger partial charge in [0, 0.05) is 29.4 Å². The van der Waals surface area contributed by atoms with Crippen molar-refractivity contribution < 1.29 is 9.21 Å². The lowest BCUT2D eigenvalue weighted by Crippen LogP contribution is -2.34. The van der Waals surface area contributed by atoms with Crippen molar-refractivity contribution in [3.63, 3.8) is 0 Å². The molecule has 0 spiro atoms. The number of urea groups is 1. The number of pyridine rings is 1. The van der Waals surface area contributed by atoms with Crippen molar-refractivity contribution in [2.45, 2.75) is 26.9 Å². The molecule has 1 aromatic carbocycles. The summed E-state index contributed by atoms with van der Waals surface area (Å²) in [6, 6.07) is 11.5. The Morgan fingerprint density at radius 2 is 1.87 bits per heavy atom. The van der Waals surface area contributed by atoms with Crippen LogP contribution in [0.5, 0.6) is 0 Å². The van der Waals surface area contributed by atoms with Crippen LogP contribution in [0.15, 0.2) is 47.0 Å². The standard InChI is InChI=1S/C18H19N3O2/c1-12-7-8-14(9-19-12)10-20-18(22)21-11-17-13(2)15-5-3-4-6-16(15)23-17/h3-9H,10-11H2,1-2H3,(H2,20,21,22). The van der Waals surface area contributed by atoms with E-state index >= 15 is 0 Å². The van der Waals surface area contributed by atoms with Gasteiger partial charge in [0.25, 0.3) is 0 Å². The summed E-state index contributed by atoms with van der Waals surface area (Å²) in [5.41, 5.74) is 3.82. The first-order valence-electron chi connectivity index (χ1n) is 7.54. The molecule has 3 rings (SSSR count). The Bertz CT molecular complexity index is 822. The van der Waals surface area contributed by atoms with E-state index in [1.807, 2.05) is 50.2 Å². The van der Waals surface area contributed by atoms with Crippen molar-refractivity contribution in [3.8, 4) is 0 Å². The molecule has 0 radical (unpaired) electrons. The Labute approximate surface area is 134 Å². The molecule has 3 aromatic rings. The SMILES string of the molecule is Cc1ccc(CNC(=O)NCc2oc3ccccc3c2C)cn1. The number of furan rings is 1. The third-order valence-corrected chi connectivity index (χ3v) is 3.78. The van der Waals surface area contributed by atoms with Gasteiger partial charge in [0.2, 0.25) is 0 Å². The van der Waals surface area contributed by atoms with Gasteiger partial charge < -0.3 is 15.1 Å². The van der Waals surface area contributed by atoms with Crippen LogP contribution in [0, 0.1) is 13.8 Å². The van der Waals surface area contributed by atoms with E-state index in [0.29, 0.717) is 13.1 Å². The molecule has 118 valence electrons. The number of hydrogen-bond acceptors (Lipinski definition) is 3. The number of carbonyl (C=O) groups is 1. The number of rotatable bonds is 4. The zero-order valence-corrected chi connectivity index (χ0v) is 13.2. The van der Waals surface area contributed by atoms with Crippen LogP contribution in [0.2, 0.25) is 0 Å². The molecular formula is C18H19N3O2. The van der Waals surface area contributed by atoms with Gasteiger partial charge in [-0.05, 0) is 31.5 Å². The summed E-state index contributed by atoms with van der Waals surface area (Å²) in [5.74, 6) is 0.776. The topological polar surface area (TPSA) is 67.2 Å². The van der Waals surface area contributed by atoms with Crippen LogP contribution in [-0.2, 0) is 13.1 Å². The van der Waals surface area contributed by atoms with Gasteiger partial charge in [-0.15, -0.1) is 0 Å². The first-order valence-corrected chi connectivity index (χ1v) is 7.54. The van der Waals surface area contributed by atoms with Gasteiger partial charge in [0.1, 0.15) is 11.3 Å². The first-order chi connectivity index (χ1) is 11.1. The molecule has 5 nitrogen and oxygen atoms in total. The van der Waals surface area contributed by atoms with Crippen molar-refractivity contribution in [3.05, 3.63) is 65.2 Å². The summed E-state index contributed by atoms with van der Waals surface area (Å²) in [4.78, 5) is 16.1. The number of aromatic nitrogens is 1. The first kappa shape index (κ1) is 15.1. The average Bonchev–Trinajstić information content (AvgIpc) is 2.89. The lowest BCUT2D eigenvalue weighted by molar-refractivity contribution is 0.239. The monoisotopic (exact) mass is 309 g/mol. The highest BCUT2D eigenvalue weighted by Crippen LogP contribution is 2.24. The third kappa shape index (κ3) is 3.51. The molecule has 2 aromatic heterocycles. The third-order valence-electron chi connectivity index (χ3n) is 3.78. The summed E-state index contributed by atoms with van der Waals surface area (Å²) in [7, 11) is 0. The minimum atomic E-state index is -0.231. The number of nitrogens with zero attached hydrogens (tertiary/aromatic N) is 1. The normalized spacial score (nSPS) is 10.7.